The topological polar surface area (TPSA) is 192 Å². The van der Waals surface area contributed by atoms with Crippen LogP contribution >= 0.6 is 0 Å². The Hall–Kier alpha value is -3.35. The van der Waals surface area contributed by atoms with Crippen LogP contribution in [0.15, 0.2) is 18.2 Å². The number of hydrogen-bond acceptors (Lipinski definition) is 11. The maximum absolute atomic E-state index is 13.6. The van der Waals surface area contributed by atoms with Crippen LogP contribution in [0, 0.1) is 5.92 Å². The molecule has 5 rings (SSSR count). The van der Waals surface area contributed by atoms with E-state index in [-0.39, 0.29) is 70.7 Å². The van der Waals surface area contributed by atoms with E-state index in [0.29, 0.717) is 0 Å². The van der Waals surface area contributed by atoms with Gasteiger partial charge < -0.3 is 41.0 Å². The molecule has 2 aromatic rings. The largest absolute Gasteiger partial charge is 0.507 e. The van der Waals surface area contributed by atoms with Gasteiger partial charge in [-0.25, -0.2) is 0 Å². The maximum atomic E-state index is 13.6. The Labute approximate surface area is 218 Å². The molecule has 6 atom stereocenters. The molecule has 1 heterocycles. The predicted octanol–water partition coefficient (Wildman–Crippen LogP) is 0.853. The third-order valence-corrected chi connectivity index (χ3v) is 7.76. The molecule has 7 N–H and O–H groups in total. The van der Waals surface area contributed by atoms with Gasteiger partial charge in [-0.05, 0) is 25.8 Å². The van der Waals surface area contributed by atoms with Crippen LogP contribution in [-0.4, -0.2) is 70.9 Å². The number of aliphatic hydroxyl groups excluding tert-OH is 1. The van der Waals surface area contributed by atoms with Crippen molar-refractivity contribution in [1.29, 1.82) is 0 Å². The number of hydrogen-bond donors (Lipinski definition) is 5. The molecule has 0 aromatic heterocycles. The van der Waals surface area contributed by atoms with Crippen LogP contribution in [-0.2, 0) is 20.7 Å². The second kappa shape index (κ2) is 9.75. The van der Waals surface area contributed by atoms with Crippen molar-refractivity contribution in [3.8, 4) is 17.2 Å². The van der Waals surface area contributed by atoms with Crippen molar-refractivity contribution < 1.29 is 43.9 Å². The van der Waals surface area contributed by atoms with Gasteiger partial charge in [0.2, 0.25) is 5.78 Å². The van der Waals surface area contributed by atoms with E-state index < -0.39 is 59.6 Å². The number of fused-ring (bicyclic) bond motifs is 3. The number of phenolic OH excluding ortho intramolecular Hbond substituents is 2. The van der Waals surface area contributed by atoms with Crippen LogP contribution in [0.5, 0.6) is 17.2 Å². The Bertz CT molecular complexity index is 1330. The number of ether oxygens (including phenoxy) is 3. The molecule has 0 radical (unpaired) electrons. The molecule has 0 unspecified atom stereocenters. The van der Waals surface area contributed by atoms with E-state index in [9.17, 15) is 29.7 Å². The first-order valence-corrected chi connectivity index (χ1v) is 12.4. The lowest BCUT2D eigenvalue weighted by molar-refractivity contribution is -0.243. The van der Waals surface area contributed by atoms with Crippen LogP contribution in [0.2, 0.25) is 0 Å². The number of ketones is 3. The van der Waals surface area contributed by atoms with Gasteiger partial charge in [0.15, 0.2) is 12.1 Å². The molecule has 202 valence electrons. The Morgan fingerprint density at radius 1 is 1.11 bits per heavy atom. The number of rotatable bonds is 5. The number of aliphatic hydroxyl groups is 1. The molecule has 11 heteroatoms. The second-order valence-electron chi connectivity index (χ2n) is 9.97. The van der Waals surface area contributed by atoms with Gasteiger partial charge in [-0.15, -0.1) is 0 Å². The molecule has 3 aliphatic rings. The van der Waals surface area contributed by atoms with Crippen molar-refractivity contribution in [1.82, 2.24) is 0 Å². The summed E-state index contributed by atoms with van der Waals surface area (Å²) in [4.78, 5) is 39.8. The predicted molar refractivity (Wildman–Crippen MR) is 132 cm³/mol. The number of aromatic hydroxyl groups is 2. The summed E-state index contributed by atoms with van der Waals surface area (Å²) in [7, 11) is 1.36. The molecule has 0 spiro atoms. The number of nitrogens with two attached hydrogens (primary N) is 2. The van der Waals surface area contributed by atoms with Crippen molar-refractivity contribution in [2.45, 2.75) is 56.8 Å². The zero-order chi connectivity index (χ0) is 27.5. The number of carbonyl (C=O) groups excluding carboxylic acids is 3. The SMILES string of the molecule is COc1cccc2c1C(=O)c1c(O)c3c(c(O)c1C2=O)C[C@H](C(=O)CN)C[C@@H]3O[C@H]1C[C@H](N)[C@H](O)[C@H](C)O1. The van der Waals surface area contributed by atoms with Gasteiger partial charge in [-0.1, -0.05) is 12.1 Å². The number of benzene rings is 2. The highest BCUT2D eigenvalue weighted by molar-refractivity contribution is 6.31. The molecule has 0 amide bonds. The first-order chi connectivity index (χ1) is 18.1. The summed E-state index contributed by atoms with van der Waals surface area (Å²) in [5.74, 6) is -3.16. The number of Topliss-reactive ketones (excluding diaryl/α,β-unsaturated/α-hetero) is 1. The van der Waals surface area contributed by atoms with E-state index >= 15 is 0 Å². The molecular formula is C27H30N2O9. The Morgan fingerprint density at radius 2 is 1.82 bits per heavy atom. The normalized spacial score (nSPS) is 28.3. The fraction of sp³-hybridized carbons (Fsp3) is 0.444. The Morgan fingerprint density at radius 3 is 2.47 bits per heavy atom. The second-order valence-corrected chi connectivity index (χ2v) is 9.97. The van der Waals surface area contributed by atoms with E-state index in [4.69, 9.17) is 25.7 Å². The number of phenols is 2. The van der Waals surface area contributed by atoms with Gasteiger partial charge in [0.05, 0.1) is 48.7 Å². The Kier molecular flexibility index (Phi) is 6.74. The van der Waals surface area contributed by atoms with Crippen molar-refractivity contribution in [2.24, 2.45) is 17.4 Å². The van der Waals surface area contributed by atoms with Gasteiger partial charge >= 0.3 is 0 Å². The van der Waals surface area contributed by atoms with Crippen LogP contribution in [0.25, 0.3) is 0 Å². The summed E-state index contributed by atoms with van der Waals surface area (Å²) in [6.45, 7) is 1.40. The summed E-state index contributed by atoms with van der Waals surface area (Å²) in [5.41, 5.74) is 11.2. The lowest BCUT2D eigenvalue weighted by Crippen LogP contribution is -2.52. The summed E-state index contributed by atoms with van der Waals surface area (Å²) in [6, 6.07) is 3.89. The Balaban J connectivity index is 1.65. The molecule has 0 bridgehead atoms. The third kappa shape index (κ3) is 3.98. The fourth-order valence-electron chi connectivity index (χ4n) is 5.77. The van der Waals surface area contributed by atoms with Crippen LogP contribution < -0.4 is 16.2 Å². The summed E-state index contributed by atoms with van der Waals surface area (Å²) in [5, 5.41) is 33.0. The van der Waals surface area contributed by atoms with Crippen LogP contribution in [0.4, 0.5) is 0 Å². The van der Waals surface area contributed by atoms with Crippen molar-refractivity contribution >= 4 is 17.3 Å². The highest BCUT2D eigenvalue weighted by Crippen LogP contribution is 2.51. The smallest absolute Gasteiger partial charge is 0.202 e. The fourth-order valence-corrected chi connectivity index (χ4v) is 5.77. The summed E-state index contributed by atoms with van der Waals surface area (Å²) >= 11 is 0. The molecule has 1 saturated heterocycles. The van der Waals surface area contributed by atoms with Crippen molar-refractivity contribution in [2.75, 3.05) is 13.7 Å². The third-order valence-electron chi connectivity index (χ3n) is 7.76. The maximum Gasteiger partial charge on any atom is 0.202 e. The molecule has 38 heavy (non-hydrogen) atoms. The molecule has 2 aliphatic carbocycles. The first-order valence-electron chi connectivity index (χ1n) is 12.4. The standard InChI is InChI=1S/C27H30N2O9/c1-10-23(31)14(29)8-18(37-10)38-17-7-11(15(30)9-28)6-13-20(17)27(35)22-21(25(13)33)24(32)12-4-3-5-16(36-2)19(12)26(22)34/h3-5,10-11,14,17-18,23,31,33,35H,6-9,28-29H2,1-2H3/t10-,11-,14-,17-,18-,23+/m0/s1. The van der Waals surface area contributed by atoms with Crippen molar-refractivity contribution in [3.63, 3.8) is 0 Å². The molecule has 2 aromatic carbocycles. The van der Waals surface area contributed by atoms with Crippen molar-refractivity contribution in [3.05, 3.63) is 51.6 Å². The monoisotopic (exact) mass is 526 g/mol. The van der Waals surface area contributed by atoms with E-state index in [0.717, 1.165) is 0 Å². The minimum Gasteiger partial charge on any atom is -0.507 e. The minimum atomic E-state index is -1.00. The highest BCUT2D eigenvalue weighted by Gasteiger charge is 2.45. The summed E-state index contributed by atoms with van der Waals surface area (Å²) in [6.07, 6.45) is -3.23. The molecular weight excluding hydrogens is 496 g/mol. The van der Waals surface area contributed by atoms with Crippen LogP contribution in [0.3, 0.4) is 0 Å². The molecule has 1 aliphatic heterocycles. The first kappa shape index (κ1) is 26.3. The number of carbonyl (C=O) groups is 3. The van der Waals surface area contributed by atoms with Gasteiger partial charge in [0.1, 0.15) is 23.0 Å². The number of methoxy groups -OCH3 is 1. The van der Waals surface area contributed by atoms with Crippen LogP contribution in [0.1, 0.15) is 68.8 Å². The quantitative estimate of drug-likeness (QED) is 0.296. The molecule has 0 saturated carbocycles. The van der Waals surface area contributed by atoms with E-state index in [2.05, 4.69) is 0 Å². The van der Waals surface area contributed by atoms with E-state index in [1.807, 2.05) is 0 Å². The van der Waals surface area contributed by atoms with Gasteiger partial charge in [0.25, 0.3) is 0 Å². The van der Waals surface area contributed by atoms with Gasteiger partial charge in [0, 0.05) is 35.1 Å². The van der Waals surface area contributed by atoms with E-state index in [1.165, 1.54) is 19.2 Å². The van der Waals surface area contributed by atoms with Gasteiger partial charge in [-0.2, -0.15) is 0 Å². The van der Waals surface area contributed by atoms with Gasteiger partial charge in [-0.3, -0.25) is 14.4 Å². The average molecular weight is 527 g/mol. The zero-order valence-corrected chi connectivity index (χ0v) is 21.0. The molecule has 11 nitrogen and oxygen atoms in total. The minimum absolute atomic E-state index is 0.00943. The zero-order valence-electron chi connectivity index (χ0n) is 21.0. The lowest BCUT2D eigenvalue weighted by Gasteiger charge is -2.40. The lowest BCUT2D eigenvalue weighted by atomic mass is 9.73. The highest BCUT2D eigenvalue weighted by atomic mass is 16.7. The van der Waals surface area contributed by atoms with E-state index in [1.54, 1.807) is 13.0 Å². The summed E-state index contributed by atoms with van der Waals surface area (Å²) < 4.78 is 17.2. The molecule has 1 fully saturated rings. The average Bonchev–Trinajstić information content (AvgIpc) is 2.90.